The van der Waals surface area contributed by atoms with Crippen molar-refractivity contribution in [3.05, 3.63) is 63.4 Å². The van der Waals surface area contributed by atoms with E-state index in [1.807, 2.05) is 24.3 Å². The average molecular weight is 485 g/mol. The van der Waals surface area contributed by atoms with Gasteiger partial charge in [0, 0.05) is 68.0 Å². The highest BCUT2D eigenvalue weighted by molar-refractivity contribution is 7.17. The molecule has 1 atom stereocenters. The van der Waals surface area contributed by atoms with Crippen LogP contribution in [0.2, 0.25) is 4.34 Å². The SMILES string of the molecule is COCC[C@H]1C(=O)N(Cc2ccc3c(N)ccnc3c2)CCN1C(=O)C=Cc1ccc(Cl)s1. The molecular formula is C24H25ClN4O3S. The maximum absolute atomic E-state index is 13.3. The van der Waals surface area contributed by atoms with Gasteiger partial charge >= 0.3 is 0 Å². The van der Waals surface area contributed by atoms with E-state index in [1.54, 1.807) is 41.3 Å². The Balaban J connectivity index is 1.49. The number of methoxy groups -OCH3 is 1. The standard InChI is InChI=1S/C24H25ClN4O3S/c1-32-13-9-21-24(31)28(15-16-2-5-18-19(26)8-10-27-20(18)14-16)11-12-29(21)23(30)7-4-17-3-6-22(25)33-17/h2-8,10,14,21H,9,11-13,15H2,1H3,(H2,26,27)/t21-/m0/s1. The van der Waals surface area contributed by atoms with E-state index >= 15 is 0 Å². The zero-order valence-electron chi connectivity index (χ0n) is 18.2. The fourth-order valence-electron chi connectivity index (χ4n) is 3.97. The second-order valence-corrected chi connectivity index (χ2v) is 9.56. The number of rotatable bonds is 7. The second-order valence-electron chi connectivity index (χ2n) is 7.82. The van der Waals surface area contributed by atoms with Crippen LogP contribution in [0.4, 0.5) is 5.69 Å². The first-order chi connectivity index (χ1) is 16.0. The Morgan fingerprint density at radius 3 is 2.91 bits per heavy atom. The molecule has 33 heavy (non-hydrogen) atoms. The molecule has 2 N–H and O–H groups in total. The van der Waals surface area contributed by atoms with Crippen LogP contribution in [0.15, 0.2) is 48.7 Å². The number of amides is 2. The number of piperazine rings is 1. The summed E-state index contributed by atoms with van der Waals surface area (Å²) in [6, 6.07) is 10.7. The summed E-state index contributed by atoms with van der Waals surface area (Å²) >= 11 is 7.36. The predicted octanol–water partition coefficient (Wildman–Crippen LogP) is 3.82. The molecule has 0 unspecified atom stereocenters. The van der Waals surface area contributed by atoms with Crippen molar-refractivity contribution in [2.24, 2.45) is 0 Å². The van der Waals surface area contributed by atoms with Gasteiger partial charge in [0.05, 0.1) is 9.85 Å². The van der Waals surface area contributed by atoms with Gasteiger partial charge in [-0.1, -0.05) is 23.7 Å². The van der Waals surface area contributed by atoms with Crippen LogP contribution in [0.1, 0.15) is 16.9 Å². The number of thiophene rings is 1. The summed E-state index contributed by atoms with van der Waals surface area (Å²) in [5.74, 6) is -0.279. The molecule has 1 saturated heterocycles. The van der Waals surface area contributed by atoms with Crippen LogP contribution in [0.25, 0.3) is 17.0 Å². The molecule has 1 aliphatic heterocycles. The van der Waals surface area contributed by atoms with Gasteiger partial charge in [0.15, 0.2) is 0 Å². The minimum absolute atomic E-state index is 0.0835. The molecule has 2 aromatic heterocycles. The molecule has 172 valence electrons. The highest BCUT2D eigenvalue weighted by Crippen LogP contribution is 2.24. The molecule has 1 aromatic carbocycles. The minimum Gasteiger partial charge on any atom is -0.398 e. The highest BCUT2D eigenvalue weighted by atomic mass is 35.5. The number of benzene rings is 1. The molecule has 0 aliphatic carbocycles. The molecule has 0 radical (unpaired) electrons. The van der Waals surface area contributed by atoms with E-state index in [0.717, 1.165) is 21.3 Å². The predicted molar refractivity (Wildman–Crippen MR) is 132 cm³/mol. The Morgan fingerprint density at radius 1 is 1.30 bits per heavy atom. The summed E-state index contributed by atoms with van der Waals surface area (Å²) < 4.78 is 5.87. The first-order valence-electron chi connectivity index (χ1n) is 10.6. The Bertz CT molecular complexity index is 1200. The molecule has 1 aliphatic rings. The summed E-state index contributed by atoms with van der Waals surface area (Å²) in [7, 11) is 1.59. The van der Waals surface area contributed by atoms with Crippen LogP contribution >= 0.6 is 22.9 Å². The molecule has 0 saturated carbocycles. The minimum atomic E-state index is -0.572. The van der Waals surface area contributed by atoms with Gasteiger partial charge < -0.3 is 20.3 Å². The Morgan fingerprint density at radius 2 is 2.15 bits per heavy atom. The molecule has 4 rings (SSSR count). The van der Waals surface area contributed by atoms with E-state index in [1.165, 1.54) is 17.4 Å². The molecule has 2 amide bonds. The van der Waals surface area contributed by atoms with Crippen molar-refractivity contribution in [3.63, 3.8) is 0 Å². The van der Waals surface area contributed by atoms with Crippen LogP contribution in [-0.2, 0) is 20.9 Å². The van der Waals surface area contributed by atoms with Gasteiger partial charge in [0.1, 0.15) is 6.04 Å². The molecule has 0 bridgehead atoms. The van der Waals surface area contributed by atoms with Gasteiger partial charge in [-0.2, -0.15) is 0 Å². The van der Waals surface area contributed by atoms with Gasteiger partial charge in [0.25, 0.3) is 0 Å². The van der Waals surface area contributed by atoms with Crippen molar-refractivity contribution in [2.75, 3.05) is 32.5 Å². The van der Waals surface area contributed by atoms with Gasteiger partial charge in [-0.3, -0.25) is 14.6 Å². The van der Waals surface area contributed by atoms with Crippen LogP contribution in [-0.4, -0.2) is 59.4 Å². The Labute approximate surface area is 201 Å². The third-order valence-corrected chi connectivity index (χ3v) is 6.86. The average Bonchev–Trinajstić information content (AvgIpc) is 3.23. The lowest BCUT2D eigenvalue weighted by Crippen LogP contribution is -2.58. The van der Waals surface area contributed by atoms with E-state index in [-0.39, 0.29) is 11.8 Å². The quantitative estimate of drug-likeness (QED) is 0.515. The van der Waals surface area contributed by atoms with Crippen molar-refractivity contribution in [3.8, 4) is 0 Å². The van der Waals surface area contributed by atoms with Gasteiger partial charge in [-0.25, -0.2) is 0 Å². The summed E-state index contributed by atoms with van der Waals surface area (Å²) in [5.41, 5.74) is 8.45. The number of anilines is 1. The van der Waals surface area contributed by atoms with Gasteiger partial charge in [-0.05, 0) is 35.9 Å². The summed E-state index contributed by atoms with van der Waals surface area (Å²) in [5, 5.41) is 0.889. The molecule has 9 heteroatoms. The van der Waals surface area contributed by atoms with Crippen LogP contribution in [0, 0.1) is 0 Å². The largest absolute Gasteiger partial charge is 0.398 e. The molecule has 7 nitrogen and oxygen atoms in total. The third-order valence-electron chi connectivity index (χ3n) is 5.66. The highest BCUT2D eigenvalue weighted by Gasteiger charge is 2.36. The lowest BCUT2D eigenvalue weighted by Gasteiger charge is -2.40. The Kier molecular flexibility index (Phi) is 7.27. The van der Waals surface area contributed by atoms with Gasteiger partial charge in [-0.15, -0.1) is 11.3 Å². The number of nitrogens with zero attached hydrogens (tertiary/aromatic N) is 3. The van der Waals surface area contributed by atoms with Crippen molar-refractivity contribution in [2.45, 2.75) is 19.0 Å². The topological polar surface area (TPSA) is 88.8 Å². The van der Waals surface area contributed by atoms with Crippen LogP contribution in [0.3, 0.4) is 0 Å². The zero-order valence-corrected chi connectivity index (χ0v) is 19.8. The van der Waals surface area contributed by atoms with E-state index in [4.69, 9.17) is 22.1 Å². The maximum Gasteiger partial charge on any atom is 0.247 e. The fraction of sp³-hybridized carbons (Fsp3) is 0.292. The first-order valence-corrected chi connectivity index (χ1v) is 11.8. The maximum atomic E-state index is 13.3. The van der Waals surface area contributed by atoms with Crippen molar-refractivity contribution in [1.82, 2.24) is 14.8 Å². The number of ether oxygens (including phenoxy) is 1. The monoisotopic (exact) mass is 484 g/mol. The molecule has 3 aromatic rings. The molecular weight excluding hydrogens is 460 g/mol. The van der Waals surface area contributed by atoms with Crippen LogP contribution < -0.4 is 5.73 Å². The zero-order chi connectivity index (χ0) is 23.4. The number of carbonyl (C=O) groups is 2. The van der Waals surface area contributed by atoms with Crippen molar-refractivity contribution < 1.29 is 14.3 Å². The third kappa shape index (κ3) is 5.35. The number of carbonyl (C=O) groups excluding carboxylic acids is 2. The van der Waals surface area contributed by atoms with Gasteiger partial charge in [0.2, 0.25) is 11.8 Å². The Hall–Kier alpha value is -2.94. The summed E-state index contributed by atoms with van der Waals surface area (Å²) in [6.45, 7) is 1.74. The van der Waals surface area contributed by atoms with E-state index in [9.17, 15) is 9.59 Å². The van der Waals surface area contributed by atoms with E-state index < -0.39 is 6.04 Å². The number of fused-ring (bicyclic) bond motifs is 1. The van der Waals surface area contributed by atoms with Crippen molar-refractivity contribution >= 4 is 57.4 Å². The number of nitrogens with two attached hydrogens (primary N) is 1. The number of hydrogen-bond acceptors (Lipinski definition) is 6. The number of aromatic nitrogens is 1. The molecule has 1 fully saturated rings. The fourth-order valence-corrected chi connectivity index (χ4v) is 4.93. The first kappa shape index (κ1) is 23.2. The van der Waals surface area contributed by atoms with Crippen molar-refractivity contribution in [1.29, 1.82) is 0 Å². The molecule has 0 spiro atoms. The van der Waals surface area contributed by atoms with Crippen LogP contribution in [0.5, 0.6) is 0 Å². The molecule has 3 heterocycles. The van der Waals surface area contributed by atoms with E-state index in [0.29, 0.717) is 42.7 Å². The lowest BCUT2D eigenvalue weighted by molar-refractivity contribution is -0.150. The summed E-state index contributed by atoms with van der Waals surface area (Å²) in [6.07, 6.45) is 5.35. The smallest absolute Gasteiger partial charge is 0.247 e. The van der Waals surface area contributed by atoms with E-state index in [2.05, 4.69) is 4.98 Å². The number of hydrogen-bond donors (Lipinski definition) is 1. The second kappa shape index (κ2) is 10.3. The normalized spacial score (nSPS) is 16.8. The lowest BCUT2D eigenvalue weighted by atomic mass is 10.1. The number of nitrogen functional groups attached to an aromatic ring is 1. The number of halogens is 1. The summed E-state index contributed by atoms with van der Waals surface area (Å²) in [4.78, 5) is 35.0. The number of pyridine rings is 1.